The van der Waals surface area contributed by atoms with Gasteiger partial charge in [-0.1, -0.05) is 20.8 Å². The molecule has 2 aliphatic rings. The lowest BCUT2D eigenvalue weighted by molar-refractivity contribution is -0.126. The molecule has 1 spiro atoms. The van der Waals surface area contributed by atoms with E-state index in [1.807, 2.05) is 0 Å². The molecule has 16 heavy (non-hydrogen) atoms. The van der Waals surface area contributed by atoms with E-state index in [-0.39, 0.29) is 11.3 Å². The maximum absolute atomic E-state index is 12.1. The molecule has 1 saturated carbocycles. The summed E-state index contributed by atoms with van der Waals surface area (Å²) in [7, 11) is 0. The van der Waals surface area contributed by atoms with Crippen LogP contribution < -0.4 is 10.6 Å². The largest absolute Gasteiger partial charge is 0.341 e. The third kappa shape index (κ3) is 1.51. The van der Waals surface area contributed by atoms with Crippen LogP contribution in [0, 0.1) is 5.41 Å². The van der Waals surface area contributed by atoms with Crippen LogP contribution in [0.4, 0.5) is 0 Å². The van der Waals surface area contributed by atoms with Crippen molar-refractivity contribution in [2.24, 2.45) is 10.4 Å². The molecule has 1 atom stereocenters. The second kappa shape index (κ2) is 3.75. The molecule has 4 heteroatoms. The molecule has 1 unspecified atom stereocenters. The first-order valence-corrected chi connectivity index (χ1v) is 6.16. The summed E-state index contributed by atoms with van der Waals surface area (Å²) in [5.74, 6) is 0.770. The smallest absolute Gasteiger partial charge is 0.252 e. The monoisotopic (exact) mass is 223 g/mol. The topological polar surface area (TPSA) is 53.5 Å². The van der Waals surface area contributed by atoms with Gasteiger partial charge >= 0.3 is 0 Å². The Morgan fingerprint density at radius 2 is 2.12 bits per heavy atom. The summed E-state index contributed by atoms with van der Waals surface area (Å²) < 4.78 is 0. The molecule has 0 aromatic carbocycles. The van der Waals surface area contributed by atoms with Gasteiger partial charge in [-0.15, -0.1) is 0 Å². The van der Waals surface area contributed by atoms with Crippen LogP contribution in [0.3, 0.4) is 0 Å². The first-order valence-electron chi connectivity index (χ1n) is 6.16. The zero-order valence-electron chi connectivity index (χ0n) is 10.4. The highest BCUT2D eigenvalue weighted by Gasteiger charge is 2.57. The summed E-state index contributed by atoms with van der Waals surface area (Å²) in [6, 6.07) is 0. The zero-order chi connectivity index (χ0) is 11.8. The molecule has 0 radical (unpaired) electrons. The van der Waals surface area contributed by atoms with E-state index in [9.17, 15) is 4.79 Å². The number of carbonyl (C=O) groups excluding carboxylic acids is 1. The highest BCUT2D eigenvalue weighted by atomic mass is 16.2. The van der Waals surface area contributed by atoms with Crippen LogP contribution in [0.25, 0.3) is 0 Å². The molecule has 1 heterocycles. The molecule has 0 bridgehead atoms. The van der Waals surface area contributed by atoms with Gasteiger partial charge in [0.05, 0.1) is 0 Å². The van der Waals surface area contributed by atoms with Crippen LogP contribution in [0.5, 0.6) is 0 Å². The lowest BCUT2D eigenvalue weighted by atomic mass is 9.75. The van der Waals surface area contributed by atoms with E-state index in [4.69, 9.17) is 0 Å². The van der Waals surface area contributed by atoms with E-state index in [0.29, 0.717) is 5.96 Å². The summed E-state index contributed by atoms with van der Waals surface area (Å²) in [4.78, 5) is 16.5. The maximum Gasteiger partial charge on any atom is 0.252 e. The summed E-state index contributed by atoms with van der Waals surface area (Å²) in [5.41, 5.74) is -0.403. The Morgan fingerprint density at radius 3 is 2.69 bits per heavy atom. The highest BCUT2D eigenvalue weighted by molar-refractivity contribution is 6.09. The minimum atomic E-state index is -0.417. The Kier molecular flexibility index (Phi) is 2.68. The summed E-state index contributed by atoms with van der Waals surface area (Å²) >= 11 is 0. The Balaban J connectivity index is 2.22. The van der Waals surface area contributed by atoms with E-state index in [1.165, 1.54) is 0 Å². The van der Waals surface area contributed by atoms with Gasteiger partial charge in [-0.2, -0.15) is 0 Å². The van der Waals surface area contributed by atoms with Crippen molar-refractivity contribution >= 4 is 11.9 Å². The van der Waals surface area contributed by atoms with Crippen molar-refractivity contribution in [1.82, 2.24) is 10.6 Å². The molecule has 1 aliphatic carbocycles. The third-order valence-corrected chi connectivity index (χ3v) is 3.95. The minimum absolute atomic E-state index is 0.0145. The average Bonchev–Trinajstić information content (AvgIpc) is 2.68. The number of guanidine groups is 1. The molecular formula is C12H21N3O. The first-order chi connectivity index (χ1) is 7.52. The highest BCUT2D eigenvalue weighted by Crippen LogP contribution is 2.47. The third-order valence-electron chi connectivity index (χ3n) is 3.95. The fraction of sp³-hybridized carbons (Fsp3) is 0.833. The SMILES string of the molecule is CCCN=C1NC(=O)C2(CCCC2(C)C)N1. The van der Waals surface area contributed by atoms with Crippen molar-refractivity contribution in [3.05, 3.63) is 0 Å². The van der Waals surface area contributed by atoms with E-state index in [1.54, 1.807) is 0 Å². The van der Waals surface area contributed by atoms with Crippen LogP contribution in [0.15, 0.2) is 4.99 Å². The molecule has 2 rings (SSSR count). The second-order valence-electron chi connectivity index (χ2n) is 5.45. The van der Waals surface area contributed by atoms with Crippen molar-refractivity contribution in [3.8, 4) is 0 Å². The van der Waals surface area contributed by atoms with Crippen LogP contribution >= 0.6 is 0 Å². The molecule has 0 aromatic rings. The van der Waals surface area contributed by atoms with Crippen LogP contribution in [-0.2, 0) is 4.79 Å². The van der Waals surface area contributed by atoms with Gasteiger partial charge in [0.2, 0.25) is 0 Å². The number of nitrogens with zero attached hydrogens (tertiary/aromatic N) is 1. The van der Waals surface area contributed by atoms with Crippen LogP contribution in [0.1, 0.15) is 46.5 Å². The molecule has 1 amide bonds. The molecule has 1 saturated heterocycles. The molecule has 2 N–H and O–H groups in total. The summed E-state index contributed by atoms with van der Waals surface area (Å²) in [6.07, 6.45) is 4.11. The Hall–Kier alpha value is -1.06. The summed E-state index contributed by atoms with van der Waals surface area (Å²) in [5, 5.41) is 6.21. The number of nitrogens with one attached hydrogen (secondary N) is 2. The van der Waals surface area contributed by atoms with Crippen LogP contribution in [0.2, 0.25) is 0 Å². The number of carbonyl (C=O) groups is 1. The van der Waals surface area contributed by atoms with Gasteiger partial charge in [-0.05, 0) is 31.1 Å². The predicted octanol–water partition coefficient (Wildman–Crippen LogP) is 1.42. The van der Waals surface area contributed by atoms with E-state index < -0.39 is 5.54 Å². The number of amides is 1. The van der Waals surface area contributed by atoms with Gasteiger partial charge in [0.1, 0.15) is 5.54 Å². The van der Waals surface area contributed by atoms with Gasteiger partial charge < -0.3 is 5.32 Å². The number of rotatable bonds is 2. The van der Waals surface area contributed by atoms with Gasteiger partial charge in [0.25, 0.3) is 5.91 Å². The molecule has 4 nitrogen and oxygen atoms in total. The normalized spacial score (nSPS) is 34.4. The first kappa shape index (κ1) is 11.4. The van der Waals surface area contributed by atoms with Crippen LogP contribution in [-0.4, -0.2) is 24.0 Å². The van der Waals surface area contributed by atoms with E-state index >= 15 is 0 Å². The number of aliphatic imine (C=N–C) groups is 1. The van der Waals surface area contributed by atoms with Crippen molar-refractivity contribution in [2.45, 2.75) is 52.0 Å². The standard InChI is InChI=1S/C12H21N3O/c1-4-8-13-10-14-9(16)12(15-10)7-5-6-11(12,2)3/h4-8H2,1-3H3,(H2,13,14,15,16). The summed E-state index contributed by atoms with van der Waals surface area (Å²) in [6.45, 7) is 7.17. The van der Waals surface area contributed by atoms with Gasteiger partial charge in [-0.3, -0.25) is 15.1 Å². The molecule has 2 fully saturated rings. The molecular weight excluding hydrogens is 202 g/mol. The predicted molar refractivity (Wildman–Crippen MR) is 64.2 cm³/mol. The average molecular weight is 223 g/mol. The Bertz CT molecular complexity index is 335. The molecule has 0 aromatic heterocycles. The fourth-order valence-electron chi connectivity index (χ4n) is 2.81. The number of hydrogen-bond acceptors (Lipinski definition) is 2. The fourth-order valence-corrected chi connectivity index (χ4v) is 2.81. The molecule has 1 aliphatic heterocycles. The lowest BCUT2D eigenvalue weighted by Gasteiger charge is -2.35. The molecule has 90 valence electrons. The van der Waals surface area contributed by atoms with Crippen molar-refractivity contribution in [1.29, 1.82) is 0 Å². The van der Waals surface area contributed by atoms with E-state index in [0.717, 1.165) is 32.2 Å². The quantitative estimate of drug-likeness (QED) is 0.744. The Morgan fingerprint density at radius 1 is 1.38 bits per heavy atom. The lowest BCUT2D eigenvalue weighted by Crippen LogP contribution is -2.54. The van der Waals surface area contributed by atoms with Crippen molar-refractivity contribution in [3.63, 3.8) is 0 Å². The van der Waals surface area contributed by atoms with E-state index in [2.05, 4.69) is 36.4 Å². The maximum atomic E-state index is 12.1. The zero-order valence-corrected chi connectivity index (χ0v) is 10.4. The number of hydrogen-bond donors (Lipinski definition) is 2. The second-order valence-corrected chi connectivity index (χ2v) is 5.45. The minimum Gasteiger partial charge on any atom is -0.341 e. The van der Waals surface area contributed by atoms with Crippen molar-refractivity contribution in [2.75, 3.05) is 6.54 Å². The van der Waals surface area contributed by atoms with Gasteiger partial charge in [0, 0.05) is 6.54 Å². The Labute approximate surface area is 96.9 Å². The van der Waals surface area contributed by atoms with Gasteiger partial charge in [-0.25, -0.2) is 0 Å². The van der Waals surface area contributed by atoms with Crippen molar-refractivity contribution < 1.29 is 4.79 Å². The van der Waals surface area contributed by atoms with Gasteiger partial charge in [0.15, 0.2) is 5.96 Å².